The molecule has 0 aliphatic heterocycles. The van der Waals surface area contributed by atoms with E-state index in [1.54, 1.807) is 0 Å². The highest BCUT2D eigenvalue weighted by Crippen LogP contribution is 2.14. The molecule has 0 rings (SSSR count). The SMILES string of the molecule is CCCCCCCCCCCCCCCC[N+](C)(C)CCCCCCCC. The molecule has 0 radical (unpaired) electrons. The van der Waals surface area contributed by atoms with Gasteiger partial charge >= 0.3 is 0 Å². The van der Waals surface area contributed by atoms with Gasteiger partial charge in [-0.15, -0.1) is 0 Å². The van der Waals surface area contributed by atoms with Gasteiger partial charge in [0.1, 0.15) is 0 Å². The van der Waals surface area contributed by atoms with Crippen molar-refractivity contribution in [1.29, 1.82) is 0 Å². The normalized spacial score (nSPS) is 12.0. The average molecular weight is 383 g/mol. The lowest BCUT2D eigenvalue weighted by Crippen LogP contribution is -2.41. The van der Waals surface area contributed by atoms with Gasteiger partial charge in [0.05, 0.1) is 27.2 Å². The number of unbranched alkanes of at least 4 members (excludes halogenated alkanes) is 18. The topological polar surface area (TPSA) is 0 Å². The second kappa shape index (κ2) is 20.7. The molecule has 0 aliphatic carbocycles. The summed E-state index contributed by atoms with van der Waals surface area (Å²) < 4.78 is 1.24. The summed E-state index contributed by atoms with van der Waals surface area (Å²) in [6.07, 6.45) is 29.0. The van der Waals surface area contributed by atoms with Crippen LogP contribution >= 0.6 is 0 Å². The van der Waals surface area contributed by atoms with Gasteiger partial charge in [-0.2, -0.15) is 0 Å². The lowest BCUT2D eigenvalue weighted by molar-refractivity contribution is -0.890. The van der Waals surface area contributed by atoms with E-state index in [9.17, 15) is 0 Å². The summed E-state index contributed by atoms with van der Waals surface area (Å²) in [5.74, 6) is 0. The summed E-state index contributed by atoms with van der Waals surface area (Å²) in [4.78, 5) is 0. The third-order valence-corrected chi connectivity index (χ3v) is 6.23. The molecule has 0 heterocycles. The minimum atomic E-state index is 1.24. The highest BCUT2D eigenvalue weighted by Gasteiger charge is 2.13. The number of quaternary nitrogens is 1. The maximum Gasteiger partial charge on any atom is 0.0782 e. The molecule has 0 aromatic carbocycles. The van der Waals surface area contributed by atoms with E-state index >= 15 is 0 Å². The first-order chi connectivity index (χ1) is 13.1. The van der Waals surface area contributed by atoms with Crippen molar-refractivity contribution in [3.63, 3.8) is 0 Å². The molecule has 0 amide bonds. The molecule has 0 aromatic heterocycles. The fraction of sp³-hybridized carbons (Fsp3) is 1.00. The van der Waals surface area contributed by atoms with E-state index in [0.29, 0.717) is 0 Å². The molecule has 1 nitrogen and oxygen atoms in total. The largest absolute Gasteiger partial charge is 0.328 e. The molecule has 0 aliphatic rings. The molecule has 27 heavy (non-hydrogen) atoms. The van der Waals surface area contributed by atoms with Gasteiger partial charge in [0, 0.05) is 0 Å². The van der Waals surface area contributed by atoms with Gasteiger partial charge < -0.3 is 4.48 Å². The molecule has 0 spiro atoms. The first-order valence-corrected chi connectivity index (χ1v) is 12.9. The Hall–Kier alpha value is -0.0400. The Morgan fingerprint density at radius 2 is 0.556 bits per heavy atom. The summed E-state index contributed by atoms with van der Waals surface area (Å²) in [5.41, 5.74) is 0. The number of nitrogens with zero attached hydrogens (tertiary/aromatic N) is 1. The zero-order valence-corrected chi connectivity index (χ0v) is 20.0. The lowest BCUT2D eigenvalue weighted by atomic mass is 10.0. The number of hydrogen-bond acceptors (Lipinski definition) is 0. The first kappa shape index (κ1) is 27.0. The van der Waals surface area contributed by atoms with E-state index in [0.717, 1.165) is 0 Å². The van der Waals surface area contributed by atoms with Gasteiger partial charge in [0.15, 0.2) is 0 Å². The third kappa shape index (κ3) is 22.1. The fourth-order valence-electron chi connectivity index (χ4n) is 4.17. The van der Waals surface area contributed by atoms with Crippen LogP contribution in [-0.2, 0) is 0 Å². The number of hydrogen-bond donors (Lipinski definition) is 0. The predicted molar refractivity (Wildman–Crippen MR) is 126 cm³/mol. The van der Waals surface area contributed by atoms with Gasteiger partial charge in [-0.1, -0.05) is 117 Å². The van der Waals surface area contributed by atoms with Crippen molar-refractivity contribution < 1.29 is 4.48 Å². The van der Waals surface area contributed by atoms with Gasteiger partial charge in [-0.25, -0.2) is 0 Å². The van der Waals surface area contributed by atoms with Crippen molar-refractivity contribution in [1.82, 2.24) is 0 Å². The maximum absolute atomic E-state index is 2.44. The molecule has 164 valence electrons. The minimum Gasteiger partial charge on any atom is -0.328 e. The van der Waals surface area contributed by atoms with Crippen LogP contribution in [0.5, 0.6) is 0 Å². The molecule has 0 fully saturated rings. The predicted octanol–water partition coefficient (Wildman–Crippen LogP) is 8.90. The molecule has 0 atom stereocenters. The Morgan fingerprint density at radius 1 is 0.333 bits per heavy atom. The van der Waals surface area contributed by atoms with Crippen LogP contribution in [0.2, 0.25) is 0 Å². The standard InChI is InChI=1S/C26H56N/c1-5-7-9-11-13-14-15-16-17-18-19-20-22-24-26-27(3,4)25-23-21-12-10-8-6-2/h5-26H2,1-4H3/q+1. The Balaban J connectivity index is 3.26. The maximum atomic E-state index is 2.44. The lowest BCUT2D eigenvalue weighted by Gasteiger charge is -2.30. The molecule has 0 unspecified atom stereocenters. The summed E-state index contributed by atoms with van der Waals surface area (Å²) in [6, 6.07) is 0. The minimum absolute atomic E-state index is 1.24. The van der Waals surface area contributed by atoms with Gasteiger partial charge in [0.2, 0.25) is 0 Å². The zero-order valence-electron chi connectivity index (χ0n) is 20.0. The Labute approximate surface area is 174 Å². The Bertz CT molecular complexity index is 271. The summed E-state index contributed by atoms with van der Waals surface area (Å²) in [6.45, 7) is 7.37. The van der Waals surface area contributed by atoms with E-state index < -0.39 is 0 Å². The van der Waals surface area contributed by atoms with Gasteiger partial charge in [-0.05, 0) is 25.7 Å². The van der Waals surface area contributed by atoms with Crippen LogP contribution in [0.15, 0.2) is 0 Å². The molecular formula is C26H56N+. The van der Waals surface area contributed by atoms with Gasteiger partial charge in [-0.3, -0.25) is 0 Å². The molecule has 0 aromatic rings. The Kier molecular flexibility index (Phi) is 20.7. The molecule has 0 bridgehead atoms. The van der Waals surface area contributed by atoms with Crippen LogP contribution in [0.1, 0.15) is 142 Å². The average Bonchev–Trinajstić information content (AvgIpc) is 2.65. The second-order valence-electron chi connectivity index (χ2n) is 9.75. The molecule has 1 heteroatoms. The van der Waals surface area contributed by atoms with Crippen LogP contribution < -0.4 is 0 Å². The van der Waals surface area contributed by atoms with E-state index in [1.807, 2.05) is 0 Å². The van der Waals surface area contributed by atoms with E-state index in [1.165, 1.54) is 146 Å². The monoisotopic (exact) mass is 382 g/mol. The highest BCUT2D eigenvalue weighted by atomic mass is 15.3. The van der Waals surface area contributed by atoms with E-state index in [4.69, 9.17) is 0 Å². The van der Waals surface area contributed by atoms with Crippen molar-refractivity contribution in [2.24, 2.45) is 0 Å². The quantitative estimate of drug-likeness (QED) is 0.129. The van der Waals surface area contributed by atoms with E-state index in [-0.39, 0.29) is 0 Å². The van der Waals surface area contributed by atoms with Gasteiger partial charge in [0.25, 0.3) is 0 Å². The van der Waals surface area contributed by atoms with Crippen LogP contribution in [-0.4, -0.2) is 31.7 Å². The van der Waals surface area contributed by atoms with Crippen LogP contribution in [0.25, 0.3) is 0 Å². The van der Waals surface area contributed by atoms with E-state index in [2.05, 4.69) is 27.9 Å². The third-order valence-electron chi connectivity index (χ3n) is 6.23. The smallest absolute Gasteiger partial charge is 0.0782 e. The molecule has 0 saturated heterocycles. The van der Waals surface area contributed by atoms with Crippen molar-refractivity contribution in [2.45, 2.75) is 142 Å². The van der Waals surface area contributed by atoms with Crippen LogP contribution in [0.3, 0.4) is 0 Å². The first-order valence-electron chi connectivity index (χ1n) is 12.9. The van der Waals surface area contributed by atoms with Crippen LogP contribution in [0.4, 0.5) is 0 Å². The Morgan fingerprint density at radius 3 is 0.815 bits per heavy atom. The molecule has 0 saturated carbocycles. The summed E-state index contributed by atoms with van der Waals surface area (Å²) >= 11 is 0. The summed E-state index contributed by atoms with van der Waals surface area (Å²) in [7, 11) is 4.88. The fourth-order valence-corrected chi connectivity index (χ4v) is 4.17. The van der Waals surface area contributed by atoms with Crippen LogP contribution in [0, 0.1) is 0 Å². The second-order valence-corrected chi connectivity index (χ2v) is 9.75. The number of rotatable bonds is 22. The van der Waals surface area contributed by atoms with Crippen molar-refractivity contribution in [2.75, 3.05) is 27.2 Å². The molecule has 0 N–H and O–H groups in total. The zero-order chi connectivity index (χ0) is 20.1. The van der Waals surface area contributed by atoms with Crippen molar-refractivity contribution >= 4 is 0 Å². The van der Waals surface area contributed by atoms with Crippen molar-refractivity contribution in [3.05, 3.63) is 0 Å². The van der Waals surface area contributed by atoms with Crippen molar-refractivity contribution in [3.8, 4) is 0 Å². The summed E-state index contributed by atoms with van der Waals surface area (Å²) in [5, 5.41) is 0. The highest BCUT2D eigenvalue weighted by molar-refractivity contribution is 4.50. The molecular weight excluding hydrogens is 326 g/mol.